The van der Waals surface area contributed by atoms with Crippen molar-refractivity contribution in [2.45, 2.75) is 32.9 Å². The summed E-state index contributed by atoms with van der Waals surface area (Å²) in [7, 11) is 0. The van der Waals surface area contributed by atoms with Crippen LogP contribution >= 0.6 is 0 Å². The lowest BCUT2D eigenvalue weighted by molar-refractivity contribution is -0.153. The lowest BCUT2D eigenvalue weighted by Crippen LogP contribution is -2.31. The number of nitrogens with one attached hydrogen (secondary N) is 1. The van der Waals surface area contributed by atoms with E-state index in [-0.39, 0.29) is 12.5 Å². The molecule has 0 bridgehead atoms. The standard InChI is InChI=1S/C19H21N7O2/c1-19(2,3)28-16(27)12-20-10-13-7-8-15(22-11-13)18-25-23-17(24-26-18)14-6-4-5-9-21-14/h4-9,11,20H,10,12H2,1-3H3. The SMILES string of the molecule is CC(C)(C)OC(=O)CNCc1ccc(-c2nnc(-c3ccccn3)nn2)nc1. The molecule has 0 radical (unpaired) electrons. The van der Waals surface area contributed by atoms with Gasteiger partial charge in [0.1, 0.15) is 17.0 Å². The Bertz CT molecular complexity index is 908. The summed E-state index contributed by atoms with van der Waals surface area (Å²) >= 11 is 0. The third-order valence-corrected chi connectivity index (χ3v) is 3.45. The van der Waals surface area contributed by atoms with E-state index < -0.39 is 5.60 Å². The molecule has 1 N–H and O–H groups in total. The number of rotatable bonds is 6. The molecule has 0 unspecified atom stereocenters. The fourth-order valence-corrected chi connectivity index (χ4v) is 2.28. The number of hydrogen-bond acceptors (Lipinski definition) is 9. The van der Waals surface area contributed by atoms with E-state index in [1.165, 1.54) is 0 Å². The quantitative estimate of drug-likeness (QED) is 0.640. The van der Waals surface area contributed by atoms with Gasteiger partial charge in [-0.25, -0.2) is 0 Å². The fourth-order valence-electron chi connectivity index (χ4n) is 2.28. The predicted molar refractivity (Wildman–Crippen MR) is 102 cm³/mol. The Morgan fingerprint density at radius 3 is 2.18 bits per heavy atom. The van der Waals surface area contributed by atoms with E-state index in [2.05, 4.69) is 35.7 Å². The first-order chi connectivity index (χ1) is 13.4. The van der Waals surface area contributed by atoms with Gasteiger partial charge in [-0.15, -0.1) is 20.4 Å². The normalized spacial score (nSPS) is 11.2. The lowest BCUT2D eigenvalue weighted by atomic mass is 10.2. The van der Waals surface area contributed by atoms with E-state index in [9.17, 15) is 4.79 Å². The molecule has 0 aliphatic heterocycles. The number of carbonyl (C=O) groups is 1. The second kappa shape index (κ2) is 8.57. The van der Waals surface area contributed by atoms with Crippen molar-refractivity contribution < 1.29 is 9.53 Å². The highest BCUT2D eigenvalue weighted by Crippen LogP contribution is 2.13. The Kier molecular flexibility index (Phi) is 5.95. The van der Waals surface area contributed by atoms with E-state index >= 15 is 0 Å². The van der Waals surface area contributed by atoms with Gasteiger partial charge >= 0.3 is 5.97 Å². The molecule has 0 amide bonds. The van der Waals surface area contributed by atoms with Gasteiger partial charge in [0.15, 0.2) is 0 Å². The number of hydrogen-bond donors (Lipinski definition) is 1. The van der Waals surface area contributed by atoms with Gasteiger partial charge in [0, 0.05) is 18.9 Å². The molecule has 3 aromatic rings. The van der Waals surface area contributed by atoms with Gasteiger partial charge in [-0.3, -0.25) is 14.8 Å². The Hall–Kier alpha value is -3.33. The number of esters is 1. The summed E-state index contributed by atoms with van der Waals surface area (Å²) in [6.07, 6.45) is 3.34. The van der Waals surface area contributed by atoms with Crippen LogP contribution in [-0.4, -0.2) is 48.5 Å². The Labute approximate surface area is 162 Å². The van der Waals surface area contributed by atoms with Crippen LogP contribution in [-0.2, 0) is 16.1 Å². The minimum absolute atomic E-state index is 0.130. The fraction of sp³-hybridized carbons (Fsp3) is 0.316. The maximum absolute atomic E-state index is 11.7. The van der Waals surface area contributed by atoms with Crippen LogP contribution in [0.25, 0.3) is 23.0 Å². The van der Waals surface area contributed by atoms with Crippen molar-refractivity contribution in [2.24, 2.45) is 0 Å². The lowest BCUT2D eigenvalue weighted by Gasteiger charge is -2.19. The van der Waals surface area contributed by atoms with Crippen molar-refractivity contribution in [3.63, 3.8) is 0 Å². The van der Waals surface area contributed by atoms with E-state index in [0.29, 0.717) is 29.6 Å². The summed E-state index contributed by atoms with van der Waals surface area (Å²) in [5.41, 5.74) is 1.59. The van der Waals surface area contributed by atoms with E-state index in [4.69, 9.17) is 4.74 Å². The first-order valence-electron chi connectivity index (χ1n) is 8.77. The monoisotopic (exact) mass is 379 g/mol. The van der Waals surface area contributed by atoms with Gasteiger partial charge in [-0.2, -0.15) is 0 Å². The topological polar surface area (TPSA) is 116 Å². The molecule has 28 heavy (non-hydrogen) atoms. The molecule has 0 aliphatic carbocycles. The second-order valence-electron chi connectivity index (χ2n) is 7.00. The highest BCUT2D eigenvalue weighted by atomic mass is 16.6. The van der Waals surface area contributed by atoms with Crippen LogP contribution in [0.4, 0.5) is 0 Å². The smallest absolute Gasteiger partial charge is 0.320 e. The zero-order chi connectivity index (χ0) is 20.0. The molecule has 0 aliphatic rings. The van der Waals surface area contributed by atoms with Crippen molar-refractivity contribution in [1.29, 1.82) is 0 Å². The molecular formula is C19H21N7O2. The first kappa shape index (κ1) is 19.4. The molecule has 0 fully saturated rings. The van der Waals surface area contributed by atoms with Crippen molar-refractivity contribution >= 4 is 5.97 Å². The van der Waals surface area contributed by atoms with Gasteiger partial charge in [-0.05, 0) is 44.5 Å². The largest absolute Gasteiger partial charge is 0.459 e. The van der Waals surface area contributed by atoms with Crippen LogP contribution < -0.4 is 5.32 Å². The highest BCUT2D eigenvalue weighted by molar-refractivity contribution is 5.72. The minimum Gasteiger partial charge on any atom is -0.459 e. The van der Waals surface area contributed by atoms with Gasteiger partial charge in [-0.1, -0.05) is 12.1 Å². The minimum atomic E-state index is -0.490. The average Bonchev–Trinajstić information content (AvgIpc) is 2.68. The Morgan fingerprint density at radius 2 is 1.64 bits per heavy atom. The van der Waals surface area contributed by atoms with Crippen LogP contribution in [0.2, 0.25) is 0 Å². The summed E-state index contributed by atoms with van der Waals surface area (Å²) < 4.78 is 5.24. The average molecular weight is 379 g/mol. The zero-order valence-corrected chi connectivity index (χ0v) is 16.0. The molecule has 9 heteroatoms. The van der Waals surface area contributed by atoms with Crippen molar-refractivity contribution in [3.05, 3.63) is 48.3 Å². The molecule has 144 valence electrons. The summed E-state index contributed by atoms with van der Waals surface area (Å²) in [6.45, 7) is 6.13. The highest BCUT2D eigenvalue weighted by Gasteiger charge is 2.15. The van der Waals surface area contributed by atoms with Crippen LogP contribution in [0.5, 0.6) is 0 Å². The van der Waals surface area contributed by atoms with Crippen molar-refractivity contribution in [2.75, 3.05) is 6.54 Å². The van der Waals surface area contributed by atoms with Crippen LogP contribution in [0, 0.1) is 0 Å². The summed E-state index contributed by atoms with van der Waals surface area (Å²) in [5.74, 6) is 0.385. The summed E-state index contributed by atoms with van der Waals surface area (Å²) in [5, 5.41) is 19.3. The summed E-state index contributed by atoms with van der Waals surface area (Å²) in [4.78, 5) is 20.2. The molecule has 0 saturated heterocycles. The predicted octanol–water partition coefficient (Wildman–Crippen LogP) is 1.82. The molecular weight excluding hydrogens is 358 g/mol. The molecule has 3 aromatic heterocycles. The molecule has 3 heterocycles. The van der Waals surface area contributed by atoms with Gasteiger partial charge in [0.25, 0.3) is 0 Å². The summed E-state index contributed by atoms with van der Waals surface area (Å²) in [6, 6.07) is 9.10. The molecule has 9 nitrogen and oxygen atoms in total. The molecule has 0 spiro atoms. The van der Waals surface area contributed by atoms with Gasteiger partial charge in [0.2, 0.25) is 11.6 Å². The van der Waals surface area contributed by atoms with E-state index in [1.807, 2.05) is 39.0 Å². The molecule has 0 aromatic carbocycles. The number of pyridine rings is 2. The number of carbonyl (C=O) groups excluding carboxylic acids is 1. The number of aromatic nitrogens is 6. The zero-order valence-electron chi connectivity index (χ0n) is 16.0. The number of ether oxygens (including phenoxy) is 1. The van der Waals surface area contributed by atoms with Crippen molar-refractivity contribution in [3.8, 4) is 23.0 Å². The van der Waals surface area contributed by atoms with Crippen LogP contribution in [0.15, 0.2) is 42.7 Å². The Morgan fingerprint density at radius 1 is 0.964 bits per heavy atom. The number of nitrogens with zero attached hydrogens (tertiary/aromatic N) is 6. The van der Waals surface area contributed by atoms with Crippen molar-refractivity contribution in [1.82, 2.24) is 35.7 Å². The molecule has 0 atom stereocenters. The van der Waals surface area contributed by atoms with Gasteiger partial charge < -0.3 is 10.1 Å². The van der Waals surface area contributed by atoms with E-state index in [0.717, 1.165) is 5.56 Å². The van der Waals surface area contributed by atoms with Gasteiger partial charge in [0.05, 0.1) is 6.54 Å². The van der Waals surface area contributed by atoms with E-state index in [1.54, 1.807) is 24.5 Å². The molecule has 3 rings (SSSR count). The maximum atomic E-state index is 11.7. The van der Waals surface area contributed by atoms with Crippen LogP contribution in [0.1, 0.15) is 26.3 Å². The molecule has 0 saturated carbocycles. The van der Waals surface area contributed by atoms with Crippen LogP contribution in [0.3, 0.4) is 0 Å². The third kappa shape index (κ3) is 5.58. The first-order valence-corrected chi connectivity index (χ1v) is 8.77. The maximum Gasteiger partial charge on any atom is 0.320 e. The Balaban J connectivity index is 1.56. The third-order valence-electron chi connectivity index (χ3n) is 3.45. The second-order valence-corrected chi connectivity index (χ2v) is 7.00.